The van der Waals surface area contributed by atoms with E-state index in [1.807, 2.05) is 6.92 Å². The number of nitro benzene ring substituents is 1. The fraction of sp³-hybridized carbons (Fsp3) is 0.167. The van der Waals surface area contributed by atoms with E-state index in [0.717, 1.165) is 15.9 Å². The molecule has 0 saturated carbocycles. The van der Waals surface area contributed by atoms with Gasteiger partial charge in [-0.1, -0.05) is 0 Å². The molecule has 0 atom stereocenters. The minimum absolute atomic E-state index is 0. The summed E-state index contributed by atoms with van der Waals surface area (Å²) in [6, 6.07) is 6.40. The first-order valence-corrected chi connectivity index (χ1v) is 7.38. The molecule has 1 aromatic heterocycles. The Morgan fingerprint density at radius 1 is 1.50 bits per heavy atom. The molecule has 0 bridgehead atoms. The van der Waals surface area contributed by atoms with Crippen LogP contribution < -0.4 is 5.43 Å². The van der Waals surface area contributed by atoms with Gasteiger partial charge in [0.05, 0.1) is 0 Å². The number of rotatable bonds is 4. The molecule has 1 heterocycles. The zero-order chi connectivity index (χ0) is 13.8. The van der Waals surface area contributed by atoms with Crippen LogP contribution in [0.4, 0.5) is 10.4 Å². The second-order valence-electron chi connectivity index (χ2n) is 3.91. The fourth-order valence-electron chi connectivity index (χ4n) is 1.45. The normalized spacial score (nSPS) is 10.8. The first-order valence-electron chi connectivity index (χ1n) is 5.53. The number of hydrogen-bond donors (Lipinski definition) is 1. The maximum Gasteiger partial charge on any atom is -0.147 e. The molecule has 0 spiro atoms. The number of nitrogens with one attached hydrogen (secondary N) is 1. The molecule has 1 aromatic carbocycles. The van der Waals surface area contributed by atoms with E-state index in [2.05, 4.69) is 20.5 Å². The van der Waals surface area contributed by atoms with E-state index in [-0.39, 0.29) is 32.6 Å². The summed E-state index contributed by atoms with van der Waals surface area (Å²) in [4.78, 5) is 16.6. The molecule has 0 unspecified atom stereocenters. The van der Waals surface area contributed by atoms with Crippen molar-refractivity contribution in [3.63, 3.8) is 0 Å². The molecule has 6 nitrogen and oxygen atoms in total. The fourth-order valence-corrected chi connectivity index (χ4v) is 2.77. The third-order valence-corrected chi connectivity index (χ3v) is 4.23. The second kappa shape index (κ2) is 7.19. The summed E-state index contributed by atoms with van der Waals surface area (Å²) in [5, 5.41) is 14.9. The number of nitrogens with zero attached hydrogens (tertiary/aromatic N) is 3. The number of benzene rings is 1. The zero-order valence-corrected chi connectivity index (χ0v) is 13.4. The molecule has 0 aliphatic heterocycles. The number of hydrogen-bond acceptors (Lipinski definition) is 5. The predicted octanol–water partition coefficient (Wildman–Crippen LogP) is 2.61. The van der Waals surface area contributed by atoms with Crippen LogP contribution in [0, 0.1) is 17.0 Å². The maximum atomic E-state index is 10.7. The predicted molar refractivity (Wildman–Crippen MR) is 82.1 cm³/mol. The summed E-state index contributed by atoms with van der Waals surface area (Å²) in [6.07, 6.45) is 0. The van der Waals surface area contributed by atoms with Gasteiger partial charge in [-0.2, -0.15) is 0 Å². The van der Waals surface area contributed by atoms with Gasteiger partial charge in [-0.15, -0.1) is 12.4 Å². The van der Waals surface area contributed by atoms with E-state index in [9.17, 15) is 10.1 Å². The third-order valence-electron chi connectivity index (χ3n) is 2.41. The minimum atomic E-state index is -0.415. The van der Waals surface area contributed by atoms with E-state index >= 15 is 0 Å². The van der Waals surface area contributed by atoms with Gasteiger partial charge in [0.15, 0.2) is 0 Å². The van der Waals surface area contributed by atoms with Crippen molar-refractivity contribution in [3.05, 3.63) is 50.6 Å². The van der Waals surface area contributed by atoms with Gasteiger partial charge in [0.2, 0.25) is 0 Å². The molecule has 0 aliphatic rings. The maximum absolute atomic E-state index is 10.7. The van der Waals surface area contributed by atoms with Crippen molar-refractivity contribution in [2.45, 2.75) is 13.8 Å². The topological polar surface area (TPSA) is 80.4 Å². The SMILES string of the molecule is C/C(=N\Nc1nc(C)c[se]1)c1cccc([N+](=O)[O-])c1.Cl. The molecule has 1 N–H and O–H groups in total. The number of hydrazone groups is 1. The Balaban J connectivity index is 0.00000200. The molecule has 0 radical (unpaired) electrons. The van der Waals surface area contributed by atoms with Gasteiger partial charge in [0.1, 0.15) is 0 Å². The van der Waals surface area contributed by atoms with Crippen LogP contribution in [0.3, 0.4) is 0 Å². The van der Waals surface area contributed by atoms with Gasteiger partial charge < -0.3 is 0 Å². The van der Waals surface area contributed by atoms with E-state index in [1.165, 1.54) is 12.1 Å². The van der Waals surface area contributed by atoms with E-state index in [0.29, 0.717) is 5.71 Å². The van der Waals surface area contributed by atoms with Crippen LogP contribution in [-0.4, -0.2) is 30.1 Å². The van der Waals surface area contributed by atoms with E-state index in [4.69, 9.17) is 0 Å². The van der Waals surface area contributed by atoms with Gasteiger partial charge >= 0.3 is 115 Å². The molecule has 106 valence electrons. The Bertz CT molecular complexity index is 642. The van der Waals surface area contributed by atoms with Gasteiger partial charge in [-0.25, -0.2) is 0 Å². The molecule has 0 fully saturated rings. The molecule has 20 heavy (non-hydrogen) atoms. The van der Waals surface area contributed by atoms with Crippen molar-refractivity contribution in [1.29, 1.82) is 0 Å². The number of anilines is 1. The summed E-state index contributed by atoms with van der Waals surface area (Å²) >= 11 is 0.191. The molecular formula is C12H13ClN4O2Se. The Morgan fingerprint density at radius 2 is 2.25 bits per heavy atom. The van der Waals surface area contributed by atoms with Crippen molar-refractivity contribution < 1.29 is 4.92 Å². The van der Waals surface area contributed by atoms with Crippen LogP contribution >= 0.6 is 12.4 Å². The molecule has 8 heteroatoms. The van der Waals surface area contributed by atoms with E-state index < -0.39 is 4.92 Å². The number of aromatic nitrogens is 1. The number of non-ortho nitro benzene ring substituents is 1. The molecular weight excluding hydrogens is 347 g/mol. The second-order valence-corrected chi connectivity index (χ2v) is 5.71. The molecule has 0 aliphatic carbocycles. The average molecular weight is 360 g/mol. The van der Waals surface area contributed by atoms with Gasteiger partial charge in [0, 0.05) is 0 Å². The van der Waals surface area contributed by atoms with Crippen LogP contribution in [-0.2, 0) is 0 Å². The smallest absolute Gasteiger partial charge is 0.147 e. The van der Waals surface area contributed by atoms with Crippen molar-refractivity contribution in [2.75, 3.05) is 5.43 Å². The molecule has 0 saturated heterocycles. The standard InChI is InChI=1S/C12H12N4O2Se.ClH/c1-8-7-19-12(13-8)15-14-9(2)10-4-3-5-11(6-10)16(17)18;/h3-7H,1-2H3,(H,13,15);1H/b14-9+;. The number of halogens is 1. The Kier molecular flexibility index (Phi) is 5.88. The van der Waals surface area contributed by atoms with Crippen LogP contribution in [0.25, 0.3) is 0 Å². The van der Waals surface area contributed by atoms with Crippen LogP contribution in [0.5, 0.6) is 0 Å². The number of nitro groups is 1. The van der Waals surface area contributed by atoms with Crippen molar-refractivity contribution >= 4 is 43.0 Å². The van der Waals surface area contributed by atoms with Gasteiger partial charge in [-0.05, 0) is 0 Å². The first kappa shape index (κ1) is 16.4. The van der Waals surface area contributed by atoms with E-state index in [1.54, 1.807) is 19.1 Å². The largest absolute Gasteiger partial charge is 0.147 e. The van der Waals surface area contributed by atoms with Crippen LogP contribution in [0.1, 0.15) is 18.2 Å². The zero-order valence-electron chi connectivity index (χ0n) is 10.9. The summed E-state index contributed by atoms with van der Waals surface area (Å²) < 4.78 is 0.842. The molecule has 2 rings (SSSR count). The van der Waals surface area contributed by atoms with Crippen molar-refractivity contribution in [2.24, 2.45) is 5.10 Å². The summed E-state index contributed by atoms with van der Waals surface area (Å²) in [5.41, 5.74) is 5.36. The first-order chi connectivity index (χ1) is 9.06. The third kappa shape index (κ3) is 4.16. The van der Waals surface area contributed by atoms with Crippen molar-refractivity contribution in [3.8, 4) is 0 Å². The Labute approximate surface area is 128 Å². The molecule has 0 amide bonds. The summed E-state index contributed by atoms with van der Waals surface area (Å²) in [6.45, 7) is 3.74. The molecule has 2 aromatic rings. The van der Waals surface area contributed by atoms with Crippen LogP contribution in [0.2, 0.25) is 0 Å². The Morgan fingerprint density at radius 3 is 2.85 bits per heavy atom. The van der Waals surface area contributed by atoms with Gasteiger partial charge in [-0.3, -0.25) is 0 Å². The quantitative estimate of drug-likeness (QED) is 0.394. The van der Waals surface area contributed by atoms with Crippen molar-refractivity contribution in [1.82, 2.24) is 4.98 Å². The van der Waals surface area contributed by atoms with Gasteiger partial charge in [0.25, 0.3) is 0 Å². The number of aryl methyl sites for hydroxylation is 1. The average Bonchev–Trinajstić information content (AvgIpc) is 2.82. The summed E-state index contributed by atoms with van der Waals surface area (Å²) in [7, 11) is 0. The van der Waals surface area contributed by atoms with Crippen LogP contribution in [0.15, 0.2) is 34.3 Å². The summed E-state index contributed by atoms with van der Waals surface area (Å²) in [5.74, 6) is 0. The Hall–Kier alpha value is -1.69. The monoisotopic (exact) mass is 360 g/mol. The minimum Gasteiger partial charge on any atom is -0.147 e.